The fourth-order valence-corrected chi connectivity index (χ4v) is 3.55. The molecule has 0 radical (unpaired) electrons. The van der Waals surface area contributed by atoms with Gasteiger partial charge in [0, 0.05) is 0 Å². The van der Waals surface area contributed by atoms with Crippen molar-refractivity contribution >= 4 is 0 Å². The standard InChI is InChI=1S/C24H42O/c1-10-18(13-11-12-17(2)3)14-19-15-20(23(4,5)6)22(25)21(16-19)24(7,8)9/h15-18,25H,10-14H2,1-9H3. The Hall–Kier alpha value is -0.980. The van der Waals surface area contributed by atoms with Crippen LogP contribution in [0.3, 0.4) is 0 Å². The second-order valence-electron chi connectivity index (χ2n) is 10.3. The highest BCUT2D eigenvalue weighted by molar-refractivity contribution is 5.50. The van der Waals surface area contributed by atoms with Crippen molar-refractivity contribution in [3.63, 3.8) is 0 Å². The van der Waals surface area contributed by atoms with Crippen LogP contribution < -0.4 is 0 Å². The normalized spacial score (nSPS) is 14.2. The van der Waals surface area contributed by atoms with E-state index in [4.69, 9.17) is 0 Å². The summed E-state index contributed by atoms with van der Waals surface area (Å²) in [6.45, 7) is 20.1. The first-order valence-corrected chi connectivity index (χ1v) is 10.2. The van der Waals surface area contributed by atoms with Crippen LogP contribution in [-0.4, -0.2) is 5.11 Å². The third-order valence-electron chi connectivity index (χ3n) is 5.28. The van der Waals surface area contributed by atoms with E-state index in [1.165, 1.54) is 31.2 Å². The number of rotatable bonds is 7. The Bertz CT molecular complexity index is 505. The molecule has 1 atom stereocenters. The molecule has 1 aromatic rings. The molecule has 0 saturated carbocycles. The molecule has 0 saturated heterocycles. The third-order valence-corrected chi connectivity index (χ3v) is 5.28. The van der Waals surface area contributed by atoms with Crippen LogP contribution in [0.4, 0.5) is 0 Å². The van der Waals surface area contributed by atoms with Gasteiger partial charge in [-0.25, -0.2) is 0 Å². The van der Waals surface area contributed by atoms with Gasteiger partial charge in [0.15, 0.2) is 0 Å². The summed E-state index contributed by atoms with van der Waals surface area (Å²) in [5.41, 5.74) is 3.49. The maximum absolute atomic E-state index is 10.9. The van der Waals surface area contributed by atoms with Crippen molar-refractivity contribution in [2.75, 3.05) is 0 Å². The van der Waals surface area contributed by atoms with Crippen LogP contribution >= 0.6 is 0 Å². The molecule has 0 fully saturated rings. The quantitative estimate of drug-likeness (QED) is 0.546. The maximum Gasteiger partial charge on any atom is 0.123 e. The van der Waals surface area contributed by atoms with Crippen molar-refractivity contribution in [2.45, 2.75) is 105 Å². The van der Waals surface area contributed by atoms with Crippen molar-refractivity contribution in [3.8, 4) is 5.75 Å². The van der Waals surface area contributed by atoms with Crippen LogP contribution in [0.25, 0.3) is 0 Å². The molecule has 0 aliphatic carbocycles. The van der Waals surface area contributed by atoms with E-state index >= 15 is 0 Å². The molecule has 0 heterocycles. The summed E-state index contributed by atoms with van der Waals surface area (Å²) in [6, 6.07) is 4.52. The predicted octanol–water partition coefficient (Wildman–Crippen LogP) is 7.38. The molecular weight excluding hydrogens is 304 g/mol. The van der Waals surface area contributed by atoms with Gasteiger partial charge in [-0.15, -0.1) is 0 Å². The average Bonchev–Trinajstić information content (AvgIpc) is 2.44. The van der Waals surface area contributed by atoms with E-state index in [1.807, 2.05) is 0 Å². The molecule has 0 aliphatic rings. The van der Waals surface area contributed by atoms with E-state index in [2.05, 4.69) is 74.4 Å². The van der Waals surface area contributed by atoms with Gasteiger partial charge < -0.3 is 5.11 Å². The van der Waals surface area contributed by atoms with Gasteiger partial charge in [0.05, 0.1) is 0 Å². The zero-order valence-corrected chi connectivity index (χ0v) is 18.3. The summed E-state index contributed by atoms with van der Waals surface area (Å²) in [5.74, 6) is 2.03. The number of phenolic OH excluding ortho intramolecular Hbond substituents is 1. The van der Waals surface area contributed by atoms with Gasteiger partial charge >= 0.3 is 0 Å². The maximum atomic E-state index is 10.9. The molecular formula is C24H42O. The zero-order valence-electron chi connectivity index (χ0n) is 18.3. The van der Waals surface area contributed by atoms with Crippen LogP contribution in [0.2, 0.25) is 0 Å². The predicted molar refractivity (Wildman–Crippen MR) is 112 cm³/mol. The Kier molecular flexibility index (Phi) is 7.59. The fourth-order valence-electron chi connectivity index (χ4n) is 3.55. The van der Waals surface area contributed by atoms with Gasteiger partial charge in [-0.3, -0.25) is 0 Å². The largest absolute Gasteiger partial charge is 0.507 e. The van der Waals surface area contributed by atoms with Crippen molar-refractivity contribution < 1.29 is 5.11 Å². The van der Waals surface area contributed by atoms with Crippen LogP contribution in [0, 0.1) is 11.8 Å². The summed E-state index contributed by atoms with van der Waals surface area (Å²) in [5, 5.41) is 10.9. The molecule has 1 N–H and O–H groups in total. The minimum absolute atomic E-state index is 0.0422. The summed E-state index contributed by atoms with van der Waals surface area (Å²) in [4.78, 5) is 0. The SMILES string of the molecule is CCC(CCCC(C)C)Cc1cc(C(C)(C)C)c(O)c(C(C)(C)C)c1. The minimum atomic E-state index is -0.0422. The smallest absolute Gasteiger partial charge is 0.123 e. The van der Waals surface area contributed by atoms with E-state index in [0.29, 0.717) is 5.75 Å². The number of hydrogen-bond donors (Lipinski definition) is 1. The highest BCUT2D eigenvalue weighted by Crippen LogP contribution is 2.40. The summed E-state index contributed by atoms with van der Waals surface area (Å²) in [6.07, 6.45) is 6.32. The molecule has 0 aliphatic heterocycles. The first kappa shape index (κ1) is 22.1. The van der Waals surface area contributed by atoms with E-state index in [0.717, 1.165) is 29.4 Å². The lowest BCUT2D eigenvalue weighted by atomic mass is 9.77. The molecule has 1 nitrogen and oxygen atoms in total. The summed E-state index contributed by atoms with van der Waals surface area (Å²) in [7, 11) is 0. The molecule has 1 rings (SSSR count). The number of benzene rings is 1. The molecule has 144 valence electrons. The first-order valence-electron chi connectivity index (χ1n) is 10.2. The minimum Gasteiger partial charge on any atom is -0.507 e. The molecule has 0 amide bonds. The fraction of sp³-hybridized carbons (Fsp3) is 0.750. The topological polar surface area (TPSA) is 20.2 Å². The summed E-state index contributed by atoms with van der Waals surface area (Å²) < 4.78 is 0. The van der Waals surface area contributed by atoms with Gasteiger partial charge in [-0.2, -0.15) is 0 Å². The van der Waals surface area contributed by atoms with Crippen molar-refractivity contribution in [1.29, 1.82) is 0 Å². The van der Waals surface area contributed by atoms with Crippen molar-refractivity contribution in [3.05, 3.63) is 28.8 Å². The highest BCUT2D eigenvalue weighted by atomic mass is 16.3. The lowest BCUT2D eigenvalue weighted by molar-refractivity contribution is 0.411. The molecule has 0 bridgehead atoms. The van der Waals surface area contributed by atoms with Gasteiger partial charge in [0.2, 0.25) is 0 Å². The monoisotopic (exact) mass is 346 g/mol. The molecule has 25 heavy (non-hydrogen) atoms. The van der Waals surface area contributed by atoms with Crippen molar-refractivity contribution in [1.82, 2.24) is 0 Å². The Labute approximate surface area is 157 Å². The Morgan fingerprint density at radius 1 is 0.880 bits per heavy atom. The molecule has 1 aromatic carbocycles. The second kappa shape index (κ2) is 8.60. The first-order chi connectivity index (χ1) is 11.4. The van der Waals surface area contributed by atoms with E-state index < -0.39 is 0 Å². The number of hydrogen-bond acceptors (Lipinski definition) is 1. The molecule has 0 aromatic heterocycles. The lowest BCUT2D eigenvalue weighted by Gasteiger charge is -2.29. The number of phenols is 1. The van der Waals surface area contributed by atoms with E-state index in [9.17, 15) is 5.11 Å². The number of aromatic hydroxyl groups is 1. The van der Waals surface area contributed by atoms with Crippen LogP contribution in [-0.2, 0) is 17.3 Å². The van der Waals surface area contributed by atoms with E-state index in [1.54, 1.807) is 0 Å². The van der Waals surface area contributed by atoms with Gasteiger partial charge in [-0.05, 0) is 45.8 Å². The molecule has 1 heteroatoms. The van der Waals surface area contributed by atoms with Gasteiger partial charge in [0.1, 0.15) is 5.75 Å². The highest BCUT2D eigenvalue weighted by Gasteiger charge is 2.26. The third kappa shape index (κ3) is 6.68. The second-order valence-corrected chi connectivity index (χ2v) is 10.3. The lowest BCUT2D eigenvalue weighted by Crippen LogP contribution is -2.18. The zero-order chi connectivity index (χ0) is 19.4. The van der Waals surface area contributed by atoms with Gasteiger partial charge in [-0.1, -0.05) is 100 Å². The van der Waals surface area contributed by atoms with Gasteiger partial charge in [0.25, 0.3) is 0 Å². The molecule has 0 spiro atoms. The average molecular weight is 347 g/mol. The Morgan fingerprint density at radius 3 is 1.72 bits per heavy atom. The summed E-state index contributed by atoms with van der Waals surface area (Å²) >= 11 is 0. The van der Waals surface area contributed by atoms with Crippen molar-refractivity contribution in [2.24, 2.45) is 11.8 Å². The van der Waals surface area contributed by atoms with Crippen LogP contribution in [0.1, 0.15) is 105 Å². The Morgan fingerprint density at radius 2 is 1.36 bits per heavy atom. The van der Waals surface area contributed by atoms with E-state index in [-0.39, 0.29) is 10.8 Å². The Balaban J connectivity index is 3.13. The molecule has 1 unspecified atom stereocenters. The van der Waals surface area contributed by atoms with Crippen LogP contribution in [0.5, 0.6) is 5.75 Å². The van der Waals surface area contributed by atoms with Crippen LogP contribution in [0.15, 0.2) is 12.1 Å².